The van der Waals surface area contributed by atoms with Gasteiger partial charge in [0.1, 0.15) is 5.69 Å². The minimum Gasteiger partial charge on any atom is -0.397 e. The van der Waals surface area contributed by atoms with Gasteiger partial charge in [0.15, 0.2) is 0 Å². The molecule has 1 aromatic heterocycles. The maximum atomic E-state index is 12.1. The van der Waals surface area contributed by atoms with E-state index in [1.54, 1.807) is 6.07 Å². The van der Waals surface area contributed by atoms with Gasteiger partial charge in [-0.1, -0.05) is 13.8 Å². The number of aryl methyl sites for hydroxylation is 1. The molecule has 4 nitrogen and oxygen atoms in total. The van der Waals surface area contributed by atoms with E-state index in [1.165, 1.54) is 12.8 Å². The molecule has 0 aromatic carbocycles. The maximum absolute atomic E-state index is 12.1. The average Bonchev–Trinajstić information content (AvgIpc) is 3.11. The van der Waals surface area contributed by atoms with Crippen molar-refractivity contribution in [2.24, 2.45) is 11.8 Å². The van der Waals surface area contributed by atoms with Crippen molar-refractivity contribution in [3.63, 3.8) is 0 Å². The summed E-state index contributed by atoms with van der Waals surface area (Å²) in [5, 5.41) is 3.02. The number of amides is 1. The summed E-state index contributed by atoms with van der Waals surface area (Å²) < 4.78 is 1.94. The summed E-state index contributed by atoms with van der Waals surface area (Å²) in [4.78, 5) is 12.1. The van der Waals surface area contributed by atoms with E-state index in [-0.39, 0.29) is 5.91 Å². The summed E-state index contributed by atoms with van der Waals surface area (Å²) in [6.07, 6.45) is 5.46. The van der Waals surface area contributed by atoms with E-state index in [9.17, 15) is 4.79 Å². The van der Waals surface area contributed by atoms with Crippen molar-refractivity contribution < 1.29 is 4.79 Å². The van der Waals surface area contributed by atoms with Gasteiger partial charge in [-0.15, -0.1) is 0 Å². The Morgan fingerprint density at radius 1 is 1.61 bits per heavy atom. The molecule has 1 atom stereocenters. The fraction of sp³-hybridized carbons (Fsp3) is 0.643. The number of rotatable bonds is 6. The summed E-state index contributed by atoms with van der Waals surface area (Å²) in [6.45, 7) is 5.89. The molecule has 0 spiro atoms. The van der Waals surface area contributed by atoms with Gasteiger partial charge in [-0.3, -0.25) is 4.79 Å². The average molecular weight is 249 g/mol. The molecule has 1 amide bonds. The van der Waals surface area contributed by atoms with Crippen LogP contribution in [-0.4, -0.2) is 17.0 Å². The predicted octanol–water partition coefficient (Wildman–Crippen LogP) is 2.26. The monoisotopic (exact) mass is 249 g/mol. The molecule has 0 bridgehead atoms. The first-order valence-electron chi connectivity index (χ1n) is 6.85. The fourth-order valence-corrected chi connectivity index (χ4v) is 2.33. The predicted molar refractivity (Wildman–Crippen MR) is 73.4 cm³/mol. The van der Waals surface area contributed by atoms with Crippen LogP contribution in [0.15, 0.2) is 12.3 Å². The maximum Gasteiger partial charge on any atom is 0.267 e. The van der Waals surface area contributed by atoms with Crippen LogP contribution in [0.5, 0.6) is 0 Å². The normalized spacial score (nSPS) is 16.6. The lowest BCUT2D eigenvalue weighted by Crippen LogP contribution is -2.30. The topological polar surface area (TPSA) is 60.0 Å². The number of aromatic nitrogens is 1. The summed E-state index contributed by atoms with van der Waals surface area (Å²) >= 11 is 0. The number of nitrogens with zero attached hydrogens (tertiary/aromatic N) is 1. The lowest BCUT2D eigenvalue weighted by Gasteiger charge is -2.12. The molecular formula is C14H23N3O. The Bertz CT molecular complexity index is 421. The molecule has 4 heteroatoms. The molecule has 0 radical (unpaired) electrons. The quantitative estimate of drug-likeness (QED) is 0.812. The van der Waals surface area contributed by atoms with Gasteiger partial charge in [0.25, 0.3) is 5.91 Å². The highest BCUT2D eigenvalue weighted by Crippen LogP contribution is 2.36. The molecule has 1 aliphatic carbocycles. The largest absolute Gasteiger partial charge is 0.397 e. The van der Waals surface area contributed by atoms with Gasteiger partial charge in [0.2, 0.25) is 0 Å². The van der Waals surface area contributed by atoms with E-state index in [2.05, 4.69) is 19.2 Å². The Morgan fingerprint density at radius 2 is 2.33 bits per heavy atom. The van der Waals surface area contributed by atoms with Crippen molar-refractivity contribution in [1.82, 2.24) is 9.88 Å². The highest BCUT2D eigenvalue weighted by Gasteiger charge is 2.28. The van der Waals surface area contributed by atoms with E-state index in [0.717, 1.165) is 25.4 Å². The van der Waals surface area contributed by atoms with Gasteiger partial charge in [0.05, 0.1) is 5.69 Å². The van der Waals surface area contributed by atoms with Crippen molar-refractivity contribution in [2.75, 3.05) is 12.3 Å². The highest BCUT2D eigenvalue weighted by atomic mass is 16.1. The van der Waals surface area contributed by atoms with Crippen molar-refractivity contribution in [1.29, 1.82) is 0 Å². The molecular weight excluding hydrogens is 226 g/mol. The lowest BCUT2D eigenvalue weighted by atomic mass is 10.1. The van der Waals surface area contributed by atoms with Gasteiger partial charge >= 0.3 is 0 Å². The van der Waals surface area contributed by atoms with Crippen LogP contribution in [0.25, 0.3) is 0 Å². The Morgan fingerprint density at radius 3 is 2.94 bits per heavy atom. The van der Waals surface area contributed by atoms with Crippen molar-refractivity contribution >= 4 is 11.6 Å². The number of carbonyl (C=O) groups excluding carboxylic acids is 1. The Hall–Kier alpha value is -1.45. The van der Waals surface area contributed by atoms with E-state index < -0.39 is 0 Å². The zero-order valence-electron chi connectivity index (χ0n) is 11.3. The number of anilines is 1. The van der Waals surface area contributed by atoms with E-state index >= 15 is 0 Å². The Balaban J connectivity index is 1.94. The number of carbonyl (C=O) groups is 1. The second-order valence-electron chi connectivity index (χ2n) is 5.38. The molecule has 1 aromatic rings. The van der Waals surface area contributed by atoms with Crippen LogP contribution in [0.1, 0.15) is 43.6 Å². The molecule has 2 rings (SSSR count). The Labute approximate surface area is 109 Å². The van der Waals surface area contributed by atoms with Crippen molar-refractivity contribution in [2.45, 2.75) is 39.7 Å². The summed E-state index contributed by atoms with van der Waals surface area (Å²) in [7, 11) is 0. The minimum absolute atomic E-state index is 0.00681. The number of hydrogen-bond acceptors (Lipinski definition) is 2. The highest BCUT2D eigenvalue weighted by molar-refractivity contribution is 5.93. The van der Waals surface area contributed by atoms with E-state index in [4.69, 9.17) is 5.73 Å². The van der Waals surface area contributed by atoms with Crippen molar-refractivity contribution in [3.8, 4) is 0 Å². The first kappa shape index (κ1) is 13.0. The van der Waals surface area contributed by atoms with Crippen LogP contribution in [0.4, 0.5) is 5.69 Å². The third-order valence-electron chi connectivity index (χ3n) is 3.63. The van der Waals surface area contributed by atoms with E-state index in [1.807, 2.05) is 10.8 Å². The van der Waals surface area contributed by atoms with Gasteiger partial charge in [-0.2, -0.15) is 0 Å². The second kappa shape index (κ2) is 5.46. The van der Waals surface area contributed by atoms with Crippen LogP contribution in [0.3, 0.4) is 0 Å². The third kappa shape index (κ3) is 3.06. The first-order valence-corrected chi connectivity index (χ1v) is 6.85. The molecule has 3 N–H and O–H groups in total. The fourth-order valence-electron chi connectivity index (χ4n) is 2.33. The second-order valence-corrected chi connectivity index (χ2v) is 5.38. The van der Waals surface area contributed by atoms with Gasteiger partial charge in [0, 0.05) is 19.3 Å². The molecule has 18 heavy (non-hydrogen) atoms. The summed E-state index contributed by atoms with van der Waals surface area (Å²) in [6, 6.07) is 1.76. The molecule has 1 aliphatic rings. The molecule has 100 valence electrons. The van der Waals surface area contributed by atoms with Crippen molar-refractivity contribution in [3.05, 3.63) is 18.0 Å². The number of nitrogens with two attached hydrogens (primary N) is 1. The van der Waals surface area contributed by atoms with Crippen LogP contribution >= 0.6 is 0 Å². The molecule has 0 saturated heterocycles. The van der Waals surface area contributed by atoms with Crippen LogP contribution in [-0.2, 0) is 6.54 Å². The molecule has 1 heterocycles. The van der Waals surface area contributed by atoms with Crippen LogP contribution < -0.4 is 11.1 Å². The van der Waals surface area contributed by atoms with Gasteiger partial charge in [-0.05, 0) is 37.2 Å². The molecule has 0 aliphatic heterocycles. The molecule has 1 saturated carbocycles. The standard InChI is InChI=1S/C14H23N3O/c1-3-6-17-9-12(15)7-13(17)14(18)16-8-10(2)11-4-5-11/h7,9-11H,3-6,8,15H2,1-2H3,(H,16,18). The SMILES string of the molecule is CCCn1cc(N)cc1C(=O)NCC(C)C1CC1. The first-order chi connectivity index (χ1) is 8.61. The van der Waals surface area contributed by atoms with Gasteiger partial charge < -0.3 is 15.6 Å². The van der Waals surface area contributed by atoms with Gasteiger partial charge in [-0.25, -0.2) is 0 Å². The Kier molecular flexibility index (Phi) is 3.94. The lowest BCUT2D eigenvalue weighted by molar-refractivity contribution is 0.0937. The van der Waals surface area contributed by atoms with Crippen LogP contribution in [0.2, 0.25) is 0 Å². The number of nitrogens with one attached hydrogen (secondary N) is 1. The third-order valence-corrected chi connectivity index (χ3v) is 3.63. The zero-order chi connectivity index (χ0) is 13.1. The molecule has 1 unspecified atom stereocenters. The smallest absolute Gasteiger partial charge is 0.267 e. The minimum atomic E-state index is -0.00681. The zero-order valence-corrected chi connectivity index (χ0v) is 11.3. The molecule has 1 fully saturated rings. The van der Waals surface area contributed by atoms with E-state index in [0.29, 0.717) is 17.3 Å². The van der Waals surface area contributed by atoms with Crippen LogP contribution in [0, 0.1) is 11.8 Å². The summed E-state index contributed by atoms with van der Waals surface area (Å²) in [5.41, 5.74) is 7.10. The summed E-state index contributed by atoms with van der Waals surface area (Å²) in [5.74, 6) is 1.39. The number of hydrogen-bond donors (Lipinski definition) is 2. The number of nitrogen functional groups attached to an aromatic ring is 1.